The quantitative estimate of drug-likeness (QED) is 0.900. The molecular weight excluding hydrogens is 230 g/mol. The minimum Gasteiger partial charge on any atom is -0.497 e. The van der Waals surface area contributed by atoms with Gasteiger partial charge in [0.1, 0.15) is 5.75 Å². The van der Waals surface area contributed by atoms with Gasteiger partial charge < -0.3 is 10.5 Å². The summed E-state index contributed by atoms with van der Waals surface area (Å²) in [6.07, 6.45) is 0.850. The summed E-state index contributed by atoms with van der Waals surface area (Å²) in [5.74, 6) is 0.861. The van der Waals surface area contributed by atoms with Gasteiger partial charge in [-0.3, -0.25) is 0 Å². The van der Waals surface area contributed by atoms with E-state index in [1.165, 1.54) is 5.56 Å². The minimum atomic E-state index is -0.340. The molecule has 0 saturated heterocycles. The van der Waals surface area contributed by atoms with Crippen LogP contribution in [0.15, 0.2) is 41.1 Å². The standard InChI is InChI=1S/C14H17NOS/c1-14(15,9-11-7-8-17-10-11)12-3-5-13(16-2)6-4-12/h3-8,10H,9,15H2,1-2H3. The van der Waals surface area contributed by atoms with Gasteiger partial charge in [-0.25, -0.2) is 0 Å². The molecule has 0 aliphatic heterocycles. The number of rotatable bonds is 4. The van der Waals surface area contributed by atoms with Crippen molar-refractivity contribution in [3.8, 4) is 5.75 Å². The lowest BCUT2D eigenvalue weighted by atomic mass is 9.87. The van der Waals surface area contributed by atoms with E-state index in [4.69, 9.17) is 10.5 Å². The van der Waals surface area contributed by atoms with Crippen molar-refractivity contribution in [1.82, 2.24) is 0 Å². The molecule has 1 aromatic carbocycles. The first kappa shape index (κ1) is 12.1. The third-order valence-electron chi connectivity index (χ3n) is 2.90. The van der Waals surface area contributed by atoms with Crippen LogP contribution in [-0.4, -0.2) is 7.11 Å². The fourth-order valence-electron chi connectivity index (χ4n) is 1.89. The van der Waals surface area contributed by atoms with Gasteiger partial charge in [0.2, 0.25) is 0 Å². The van der Waals surface area contributed by atoms with E-state index >= 15 is 0 Å². The molecule has 1 atom stereocenters. The molecule has 0 bridgehead atoms. The van der Waals surface area contributed by atoms with Crippen LogP contribution in [-0.2, 0) is 12.0 Å². The molecule has 90 valence electrons. The molecule has 0 radical (unpaired) electrons. The Hall–Kier alpha value is -1.32. The molecule has 1 heterocycles. The van der Waals surface area contributed by atoms with Gasteiger partial charge in [0, 0.05) is 5.54 Å². The monoisotopic (exact) mass is 247 g/mol. The van der Waals surface area contributed by atoms with Crippen molar-refractivity contribution >= 4 is 11.3 Å². The van der Waals surface area contributed by atoms with E-state index in [1.807, 2.05) is 24.3 Å². The number of nitrogens with two attached hydrogens (primary N) is 1. The van der Waals surface area contributed by atoms with E-state index in [9.17, 15) is 0 Å². The van der Waals surface area contributed by atoms with Gasteiger partial charge in [0.25, 0.3) is 0 Å². The SMILES string of the molecule is COc1ccc(C(C)(N)Cc2ccsc2)cc1. The van der Waals surface area contributed by atoms with Crippen LogP contribution in [0.3, 0.4) is 0 Å². The van der Waals surface area contributed by atoms with Crippen molar-refractivity contribution < 1.29 is 4.74 Å². The molecule has 0 aliphatic rings. The normalized spacial score (nSPS) is 14.3. The molecular formula is C14H17NOS. The topological polar surface area (TPSA) is 35.2 Å². The molecule has 1 unspecified atom stereocenters. The third kappa shape index (κ3) is 2.87. The van der Waals surface area contributed by atoms with E-state index in [1.54, 1.807) is 18.4 Å². The second-order valence-corrected chi connectivity index (χ2v) is 5.23. The lowest BCUT2D eigenvalue weighted by molar-refractivity contribution is 0.413. The van der Waals surface area contributed by atoms with Gasteiger partial charge in [0.15, 0.2) is 0 Å². The largest absolute Gasteiger partial charge is 0.497 e. The Balaban J connectivity index is 2.18. The van der Waals surface area contributed by atoms with Crippen LogP contribution in [0, 0.1) is 0 Å². The van der Waals surface area contributed by atoms with E-state index in [2.05, 4.69) is 23.8 Å². The lowest BCUT2D eigenvalue weighted by Crippen LogP contribution is -2.35. The Morgan fingerprint density at radius 1 is 1.24 bits per heavy atom. The first-order chi connectivity index (χ1) is 8.12. The second kappa shape index (κ2) is 4.90. The van der Waals surface area contributed by atoms with Crippen LogP contribution in [0.25, 0.3) is 0 Å². The Morgan fingerprint density at radius 2 is 1.94 bits per heavy atom. The number of benzene rings is 1. The maximum Gasteiger partial charge on any atom is 0.118 e. The van der Waals surface area contributed by atoms with Crippen molar-refractivity contribution in [2.75, 3.05) is 7.11 Å². The van der Waals surface area contributed by atoms with E-state index < -0.39 is 0 Å². The highest BCUT2D eigenvalue weighted by Gasteiger charge is 2.21. The molecule has 1 aromatic heterocycles. The average molecular weight is 247 g/mol. The molecule has 2 nitrogen and oxygen atoms in total. The summed E-state index contributed by atoms with van der Waals surface area (Å²) in [6, 6.07) is 10.1. The van der Waals surface area contributed by atoms with Gasteiger partial charge >= 0.3 is 0 Å². The van der Waals surface area contributed by atoms with Crippen molar-refractivity contribution in [1.29, 1.82) is 0 Å². The molecule has 0 amide bonds. The summed E-state index contributed by atoms with van der Waals surface area (Å²) in [6.45, 7) is 2.06. The zero-order chi connectivity index (χ0) is 12.3. The number of thiophene rings is 1. The van der Waals surface area contributed by atoms with E-state index in [0.29, 0.717) is 0 Å². The molecule has 17 heavy (non-hydrogen) atoms. The zero-order valence-electron chi connectivity index (χ0n) is 10.1. The molecule has 3 heteroatoms. The first-order valence-electron chi connectivity index (χ1n) is 5.56. The van der Waals surface area contributed by atoms with Gasteiger partial charge in [-0.15, -0.1) is 0 Å². The van der Waals surface area contributed by atoms with Crippen LogP contribution in [0.5, 0.6) is 5.75 Å². The maximum absolute atomic E-state index is 6.38. The van der Waals surface area contributed by atoms with Crippen LogP contribution < -0.4 is 10.5 Å². The minimum absolute atomic E-state index is 0.340. The number of hydrogen-bond acceptors (Lipinski definition) is 3. The molecule has 0 saturated carbocycles. The van der Waals surface area contributed by atoms with Crippen molar-refractivity contribution in [3.63, 3.8) is 0 Å². The Bertz CT molecular complexity index is 459. The Morgan fingerprint density at radius 3 is 2.47 bits per heavy atom. The molecule has 0 aliphatic carbocycles. The predicted molar refractivity (Wildman–Crippen MR) is 72.6 cm³/mol. The maximum atomic E-state index is 6.38. The molecule has 0 fully saturated rings. The Kier molecular flexibility index (Phi) is 3.50. The average Bonchev–Trinajstić information content (AvgIpc) is 2.81. The van der Waals surface area contributed by atoms with Gasteiger partial charge in [0.05, 0.1) is 7.11 Å². The first-order valence-corrected chi connectivity index (χ1v) is 6.50. The van der Waals surface area contributed by atoms with Crippen LogP contribution in [0.4, 0.5) is 0 Å². The lowest BCUT2D eigenvalue weighted by Gasteiger charge is -2.25. The third-order valence-corrected chi connectivity index (χ3v) is 3.63. The summed E-state index contributed by atoms with van der Waals surface area (Å²) in [4.78, 5) is 0. The number of methoxy groups -OCH3 is 1. The fourth-order valence-corrected chi connectivity index (χ4v) is 2.56. The highest BCUT2D eigenvalue weighted by molar-refractivity contribution is 7.07. The number of ether oxygens (including phenoxy) is 1. The molecule has 2 rings (SSSR count). The van der Waals surface area contributed by atoms with Crippen LogP contribution >= 0.6 is 11.3 Å². The smallest absolute Gasteiger partial charge is 0.118 e. The summed E-state index contributed by atoms with van der Waals surface area (Å²) in [5, 5.41) is 4.23. The van der Waals surface area contributed by atoms with Crippen molar-refractivity contribution in [2.24, 2.45) is 5.73 Å². The van der Waals surface area contributed by atoms with Gasteiger partial charge in [-0.05, 0) is 53.4 Å². The predicted octanol–water partition coefficient (Wildman–Crippen LogP) is 3.17. The Labute approximate surface area is 106 Å². The summed E-state index contributed by atoms with van der Waals surface area (Å²) in [7, 11) is 1.67. The van der Waals surface area contributed by atoms with Crippen molar-refractivity contribution in [3.05, 3.63) is 52.2 Å². The highest BCUT2D eigenvalue weighted by atomic mass is 32.1. The van der Waals surface area contributed by atoms with Crippen LogP contribution in [0.1, 0.15) is 18.1 Å². The molecule has 2 aromatic rings. The van der Waals surface area contributed by atoms with Crippen molar-refractivity contribution in [2.45, 2.75) is 18.9 Å². The van der Waals surface area contributed by atoms with Gasteiger partial charge in [-0.2, -0.15) is 11.3 Å². The zero-order valence-corrected chi connectivity index (χ0v) is 11.0. The second-order valence-electron chi connectivity index (χ2n) is 4.45. The summed E-state index contributed by atoms with van der Waals surface area (Å²) in [5.41, 5.74) is 8.46. The molecule has 0 spiro atoms. The fraction of sp³-hybridized carbons (Fsp3) is 0.286. The van der Waals surface area contributed by atoms with Crippen LogP contribution in [0.2, 0.25) is 0 Å². The van der Waals surface area contributed by atoms with E-state index in [-0.39, 0.29) is 5.54 Å². The van der Waals surface area contributed by atoms with E-state index in [0.717, 1.165) is 17.7 Å². The van der Waals surface area contributed by atoms with Gasteiger partial charge in [-0.1, -0.05) is 12.1 Å². The summed E-state index contributed by atoms with van der Waals surface area (Å²) < 4.78 is 5.15. The highest BCUT2D eigenvalue weighted by Crippen LogP contribution is 2.25. The number of hydrogen-bond donors (Lipinski definition) is 1. The molecule has 2 N–H and O–H groups in total. The summed E-state index contributed by atoms with van der Waals surface area (Å²) >= 11 is 1.71.